The Morgan fingerprint density at radius 1 is 1.50 bits per heavy atom. The van der Waals surface area contributed by atoms with Crippen molar-refractivity contribution in [1.82, 2.24) is 10.6 Å². The maximum atomic E-state index is 10.7. The lowest BCUT2D eigenvalue weighted by Crippen LogP contribution is -2.42. The van der Waals surface area contributed by atoms with Crippen molar-refractivity contribution in [2.45, 2.75) is 6.92 Å². The van der Waals surface area contributed by atoms with E-state index in [2.05, 4.69) is 10.1 Å². The Morgan fingerprint density at radius 3 is 2.50 bits per heavy atom. The molecule has 0 aromatic rings. The highest BCUT2D eigenvalue weighted by molar-refractivity contribution is 6.36. The third-order valence-corrected chi connectivity index (χ3v) is 0.975. The van der Waals surface area contributed by atoms with Crippen molar-refractivity contribution in [3.63, 3.8) is 0 Å². The summed E-state index contributed by atoms with van der Waals surface area (Å²) in [5, 5.41) is 11.1. The van der Waals surface area contributed by atoms with Crippen LogP contribution in [0.15, 0.2) is 0 Å². The van der Waals surface area contributed by atoms with Gasteiger partial charge in [0.15, 0.2) is 0 Å². The van der Waals surface area contributed by atoms with Gasteiger partial charge in [-0.15, -0.1) is 0 Å². The van der Waals surface area contributed by atoms with E-state index in [1.807, 2.05) is 5.32 Å². The van der Waals surface area contributed by atoms with Gasteiger partial charge in [-0.1, -0.05) is 0 Å². The molecule has 0 aliphatic carbocycles. The van der Waals surface area contributed by atoms with Gasteiger partial charge in [0.1, 0.15) is 0 Å². The van der Waals surface area contributed by atoms with Gasteiger partial charge in [-0.2, -0.15) is 0 Å². The van der Waals surface area contributed by atoms with Gasteiger partial charge in [0.25, 0.3) is 5.90 Å². The third kappa shape index (κ3) is 3.55. The van der Waals surface area contributed by atoms with Gasteiger partial charge in [0, 0.05) is 6.54 Å². The van der Waals surface area contributed by atoms with Gasteiger partial charge in [-0.05, 0) is 6.92 Å². The first-order valence-corrected chi connectivity index (χ1v) is 3.33. The quantitative estimate of drug-likeness (QED) is 0.367. The smallest absolute Gasteiger partial charge is 0.321 e. The third-order valence-electron chi connectivity index (χ3n) is 0.975. The van der Waals surface area contributed by atoms with E-state index < -0.39 is 17.8 Å². The maximum absolute atomic E-state index is 10.7. The van der Waals surface area contributed by atoms with Gasteiger partial charge in [-0.25, -0.2) is 4.79 Å². The van der Waals surface area contributed by atoms with E-state index in [1.165, 1.54) is 7.11 Å². The fraction of sp³-hybridized carbons (Fsp3) is 0.500. The van der Waals surface area contributed by atoms with Crippen molar-refractivity contribution < 1.29 is 14.3 Å². The van der Waals surface area contributed by atoms with E-state index in [4.69, 9.17) is 5.41 Å². The summed E-state index contributed by atoms with van der Waals surface area (Å²) in [5.74, 6) is -1.45. The zero-order chi connectivity index (χ0) is 9.56. The lowest BCUT2D eigenvalue weighted by Gasteiger charge is -2.03. The highest BCUT2D eigenvalue weighted by Crippen LogP contribution is 1.74. The summed E-state index contributed by atoms with van der Waals surface area (Å²) in [7, 11) is 1.18. The van der Waals surface area contributed by atoms with Crippen LogP contribution in [-0.4, -0.2) is 31.5 Å². The molecule has 0 saturated heterocycles. The van der Waals surface area contributed by atoms with Crippen molar-refractivity contribution in [2.24, 2.45) is 0 Å². The van der Waals surface area contributed by atoms with E-state index in [-0.39, 0.29) is 0 Å². The Hall–Kier alpha value is -1.59. The molecule has 12 heavy (non-hydrogen) atoms. The number of nitrogens with one attached hydrogen (secondary N) is 3. The minimum Gasteiger partial charge on any atom is -0.477 e. The summed E-state index contributed by atoms with van der Waals surface area (Å²) in [5.41, 5.74) is 0. The SMILES string of the molecule is CCNC(=O)NC(=O)C(=N)OC. The molecule has 0 spiro atoms. The largest absolute Gasteiger partial charge is 0.477 e. The van der Waals surface area contributed by atoms with Crippen LogP contribution in [0.5, 0.6) is 0 Å². The Labute approximate surface area is 69.8 Å². The van der Waals surface area contributed by atoms with Crippen molar-refractivity contribution in [3.05, 3.63) is 0 Å². The van der Waals surface area contributed by atoms with Crippen LogP contribution < -0.4 is 10.6 Å². The molecule has 6 nitrogen and oxygen atoms in total. The lowest BCUT2D eigenvalue weighted by molar-refractivity contribution is -0.115. The van der Waals surface area contributed by atoms with Crippen molar-refractivity contribution in [1.29, 1.82) is 5.41 Å². The molecule has 0 aromatic heterocycles. The fourth-order valence-corrected chi connectivity index (χ4v) is 0.457. The van der Waals surface area contributed by atoms with Crippen LogP contribution in [0.2, 0.25) is 0 Å². The lowest BCUT2D eigenvalue weighted by atomic mass is 10.6. The van der Waals surface area contributed by atoms with Crippen LogP contribution in [0.4, 0.5) is 4.79 Å². The molecule has 0 rings (SSSR count). The predicted molar refractivity (Wildman–Crippen MR) is 42.0 cm³/mol. The molecule has 0 aliphatic rings. The van der Waals surface area contributed by atoms with Crippen molar-refractivity contribution in [3.8, 4) is 0 Å². The topological polar surface area (TPSA) is 91.3 Å². The number of carbonyl (C=O) groups excluding carboxylic acids is 2. The van der Waals surface area contributed by atoms with Crippen LogP contribution in [0.1, 0.15) is 6.92 Å². The molecule has 0 aromatic carbocycles. The Balaban J connectivity index is 3.84. The molecule has 0 saturated carbocycles. The molecule has 0 fully saturated rings. The van der Waals surface area contributed by atoms with Gasteiger partial charge in [0.2, 0.25) is 0 Å². The highest BCUT2D eigenvalue weighted by atomic mass is 16.5. The highest BCUT2D eigenvalue weighted by Gasteiger charge is 2.11. The summed E-state index contributed by atoms with van der Waals surface area (Å²) in [6, 6.07) is -0.635. The minimum atomic E-state index is -0.858. The Morgan fingerprint density at radius 2 is 2.08 bits per heavy atom. The number of hydrogen-bond acceptors (Lipinski definition) is 4. The van der Waals surface area contributed by atoms with Gasteiger partial charge in [-0.3, -0.25) is 15.5 Å². The number of carbonyl (C=O) groups is 2. The van der Waals surface area contributed by atoms with Crippen molar-refractivity contribution in [2.75, 3.05) is 13.7 Å². The normalized spacial score (nSPS) is 8.50. The number of hydrogen-bond donors (Lipinski definition) is 3. The number of rotatable bonds is 1. The summed E-state index contributed by atoms with van der Waals surface area (Å²) in [6.45, 7) is 2.13. The first kappa shape index (κ1) is 10.4. The second-order valence-corrected chi connectivity index (χ2v) is 1.85. The fourth-order valence-electron chi connectivity index (χ4n) is 0.457. The van der Waals surface area contributed by atoms with E-state index in [0.29, 0.717) is 6.54 Å². The number of methoxy groups -OCH3 is 1. The second kappa shape index (κ2) is 5.11. The maximum Gasteiger partial charge on any atom is 0.321 e. The molecule has 0 radical (unpaired) electrons. The number of urea groups is 1. The van der Waals surface area contributed by atoms with Crippen LogP contribution in [0.25, 0.3) is 0 Å². The summed E-state index contributed by atoms with van der Waals surface area (Å²) in [4.78, 5) is 21.4. The molecule has 0 heterocycles. The van der Waals surface area contributed by atoms with Crippen LogP contribution in [-0.2, 0) is 9.53 Å². The number of ether oxygens (including phenoxy) is 1. The molecule has 0 aliphatic heterocycles. The number of imide groups is 1. The number of amides is 3. The minimum absolute atomic E-state index is 0.416. The van der Waals surface area contributed by atoms with E-state index >= 15 is 0 Å². The van der Waals surface area contributed by atoms with Crippen molar-refractivity contribution >= 4 is 17.8 Å². The Bertz CT molecular complexity index is 202. The average molecular weight is 173 g/mol. The second-order valence-electron chi connectivity index (χ2n) is 1.85. The van der Waals surface area contributed by atoms with E-state index in [0.717, 1.165) is 0 Å². The summed E-state index contributed by atoms with van der Waals surface area (Å²) < 4.78 is 4.28. The molecule has 6 heteroatoms. The standard InChI is InChI=1S/C6H11N3O3/c1-3-8-6(11)9-5(10)4(7)12-2/h7H,3H2,1-2H3,(H2,8,9,10,11). The van der Waals surface area contributed by atoms with E-state index in [9.17, 15) is 9.59 Å². The predicted octanol–water partition coefficient (Wildman–Crippen LogP) is -0.544. The monoisotopic (exact) mass is 173 g/mol. The summed E-state index contributed by atoms with van der Waals surface area (Å²) in [6.07, 6.45) is 0. The Kier molecular flexibility index (Phi) is 4.43. The molecule has 0 bridgehead atoms. The first-order chi connectivity index (χ1) is 5.61. The molecule has 3 amide bonds. The van der Waals surface area contributed by atoms with Gasteiger partial charge >= 0.3 is 11.9 Å². The summed E-state index contributed by atoms with van der Waals surface area (Å²) >= 11 is 0. The first-order valence-electron chi connectivity index (χ1n) is 3.33. The average Bonchev–Trinajstić information content (AvgIpc) is 2.03. The molecule has 0 unspecified atom stereocenters. The van der Waals surface area contributed by atoms with Gasteiger partial charge in [0.05, 0.1) is 7.11 Å². The molecule has 0 atom stereocenters. The molecular weight excluding hydrogens is 162 g/mol. The molecule has 3 N–H and O–H groups in total. The zero-order valence-electron chi connectivity index (χ0n) is 6.93. The van der Waals surface area contributed by atoms with Gasteiger partial charge < -0.3 is 10.1 Å². The molecule has 68 valence electrons. The van der Waals surface area contributed by atoms with Crippen LogP contribution >= 0.6 is 0 Å². The van der Waals surface area contributed by atoms with Crippen LogP contribution in [0, 0.1) is 5.41 Å². The van der Waals surface area contributed by atoms with Crippen LogP contribution in [0.3, 0.4) is 0 Å². The van der Waals surface area contributed by atoms with E-state index in [1.54, 1.807) is 6.92 Å². The molecular formula is C6H11N3O3. The zero-order valence-corrected chi connectivity index (χ0v) is 6.93.